The number of carbonyl (C=O) groups excluding carboxylic acids is 1. The molecule has 0 spiro atoms. The molecule has 5 nitrogen and oxygen atoms in total. The van der Waals surface area contributed by atoms with Crippen molar-refractivity contribution in [3.63, 3.8) is 0 Å². The molecule has 1 unspecified atom stereocenters. The first-order valence-electron chi connectivity index (χ1n) is 9.45. The van der Waals surface area contributed by atoms with Crippen molar-refractivity contribution in [1.82, 2.24) is 0 Å². The maximum atomic E-state index is 11.5. The van der Waals surface area contributed by atoms with E-state index in [1.54, 1.807) is 0 Å². The summed E-state index contributed by atoms with van der Waals surface area (Å²) in [5.74, 6) is -0.195. The van der Waals surface area contributed by atoms with Crippen molar-refractivity contribution in [1.29, 1.82) is 0 Å². The van der Waals surface area contributed by atoms with Gasteiger partial charge in [-0.2, -0.15) is 0 Å². The molecule has 0 radical (unpaired) electrons. The van der Waals surface area contributed by atoms with Gasteiger partial charge in [0, 0.05) is 17.4 Å². The molecular formula is C20H28O5S. The Kier molecular flexibility index (Phi) is 7.25. The summed E-state index contributed by atoms with van der Waals surface area (Å²) in [6, 6.07) is 3.82. The van der Waals surface area contributed by atoms with Crippen LogP contribution in [0, 0.1) is 5.92 Å². The minimum absolute atomic E-state index is 0.0331. The number of aliphatic hydroxyl groups excluding tert-OH is 1. The summed E-state index contributed by atoms with van der Waals surface area (Å²) in [6.07, 6.45) is 9.07. The van der Waals surface area contributed by atoms with Crippen molar-refractivity contribution >= 4 is 17.3 Å². The Bertz CT molecular complexity index is 617. The molecule has 1 aromatic heterocycles. The number of hydrogen-bond donors (Lipinski definition) is 1. The highest BCUT2D eigenvalue weighted by Gasteiger charge is 2.32. The summed E-state index contributed by atoms with van der Waals surface area (Å²) in [4.78, 5) is 13.4. The Labute approximate surface area is 159 Å². The molecule has 3 rings (SSSR count). The molecular weight excluding hydrogens is 352 g/mol. The minimum atomic E-state index is -0.273. The summed E-state index contributed by atoms with van der Waals surface area (Å²) >= 11 is 1.49. The Morgan fingerprint density at radius 2 is 2.23 bits per heavy atom. The molecule has 1 N–H and O–H groups in total. The fourth-order valence-electron chi connectivity index (χ4n) is 3.70. The van der Waals surface area contributed by atoms with E-state index in [4.69, 9.17) is 14.2 Å². The molecule has 0 saturated carbocycles. The molecule has 2 aliphatic rings. The summed E-state index contributed by atoms with van der Waals surface area (Å²) in [6.45, 7) is 0.893. The third-order valence-electron chi connectivity index (χ3n) is 5.14. The van der Waals surface area contributed by atoms with E-state index >= 15 is 0 Å². The van der Waals surface area contributed by atoms with Crippen LogP contribution in [0.25, 0.3) is 0 Å². The van der Waals surface area contributed by atoms with Crippen molar-refractivity contribution in [2.24, 2.45) is 5.92 Å². The van der Waals surface area contributed by atoms with Gasteiger partial charge in [-0.05, 0) is 57.1 Å². The number of ether oxygens (including phenoxy) is 3. The maximum absolute atomic E-state index is 11.5. The van der Waals surface area contributed by atoms with E-state index in [9.17, 15) is 9.90 Å². The maximum Gasteiger partial charge on any atom is 0.348 e. The Hall–Kier alpha value is -1.21. The lowest BCUT2D eigenvalue weighted by Gasteiger charge is -2.29. The quantitative estimate of drug-likeness (QED) is 0.550. The van der Waals surface area contributed by atoms with E-state index in [1.807, 2.05) is 12.1 Å². The first kappa shape index (κ1) is 19.5. The molecule has 26 heavy (non-hydrogen) atoms. The van der Waals surface area contributed by atoms with E-state index in [0.717, 1.165) is 51.6 Å². The van der Waals surface area contributed by atoms with Crippen LogP contribution in [-0.2, 0) is 20.6 Å². The molecule has 2 heterocycles. The van der Waals surface area contributed by atoms with Crippen molar-refractivity contribution in [3.05, 3.63) is 33.5 Å². The number of aliphatic hydroxyl groups is 1. The summed E-state index contributed by atoms with van der Waals surface area (Å²) < 4.78 is 16.5. The van der Waals surface area contributed by atoms with Crippen molar-refractivity contribution in [2.75, 3.05) is 20.3 Å². The van der Waals surface area contributed by atoms with Gasteiger partial charge in [-0.3, -0.25) is 0 Å². The van der Waals surface area contributed by atoms with Gasteiger partial charge in [-0.15, -0.1) is 11.3 Å². The minimum Gasteiger partial charge on any atom is -0.465 e. The number of aryl methyl sites for hydroxylation is 1. The van der Waals surface area contributed by atoms with Gasteiger partial charge in [-0.25, -0.2) is 4.79 Å². The number of thiophene rings is 1. The molecule has 1 saturated heterocycles. The van der Waals surface area contributed by atoms with Gasteiger partial charge >= 0.3 is 5.97 Å². The molecule has 1 aliphatic heterocycles. The van der Waals surface area contributed by atoms with Crippen LogP contribution < -0.4 is 0 Å². The second kappa shape index (κ2) is 9.65. The number of esters is 1. The van der Waals surface area contributed by atoms with Crippen LogP contribution in [0.3, 0.4) is 0 Å². The Morgan fingerprint density at radius 3 is 2.96 bits per heavy atom. The van der Waals surface area contributed by atoms with Crippen LogP contribution in [-0.4, -0.2) is 43.8 Å². The smallest absolute Gasteiger partial charge is 0.348 e. The highest BCUT2D eigenvalue weighted by atomic mass is 32.1. The van der Waals surface area contributed by atoms with E-state index in [1.165, 1.54) is 28.9 Å². The highest BCUT2D eigenvalue weighted by molar-refractivity contribution is 7.13. The second-order valence-electron chi connectivity index (χ2n) is 6.89. The molecule has 1 aliphatic carbocycles. The monoisotopic (exact) mass is 380 g/mol. The highest BCUT2D eigenvalue weighted by Crippen LogP contribution is 2.34. The van der Waals surface area contributed by atoms with Gasteiger partial charge in [0.1, 0.15) is 4.88 Å². The number of hydrogen-bond acceptors (Lipinski definition) is 6. The standard InChI is InChI=1S/C20H28O5S/c1-23-20(22)18-11-9-15(26-18)6-4-5-14-8-10-17(16(14)13-21)25-19-7-2-3-12-24-19/h8-9,11,16-17,19,21H,2-7,10,12-13H2,1H3/t16-,17-,19?/m1/s1. The molecule has 6 heteroatoms. The lowest BCUT2D eigenvalue weighted by molar-refractivity contribution is -0.195. The van der Waals surface area contributed by atoms with Gasteiger partial charge in [0.05, 0.1) is 19.8 Å². The predicted molar refractivity (Wildman–Crippen MR) is 100 cm³/mol. The van der Waals surface area contributed by atoms with Gasteiger partial charge in [0.2, 0.25) is 0 Å². The molecule has 0 amide bonds. The van der Waals surface area contributed by atoms with Gasteiger partial charge in [0.25, 0.3) is 0 Å². The summed E-state index contributed by atoms with van der Waals surface area (Å²) in [5, 5.41) is 9.83. The zero-order valence-corrected chi connectivity index (χ0v) is 16.1. The fourth-order valence-corrected chi connectivity index (χ4v) is 4.67. The van der Waals surface area contributed by atoms with Crippen molar-refractivity contribution in [2.45, 2.75) is 57.3 Å². The van der Waals surface area contributed by atoms with Crippen LogP contribution in [0.2, 0.25) is 0 Å². The van der Waals surface area contributed by atoms with Crippen LogP contribution in [0.4, 0.5) is 0 Å². The molecule has 0 bridgehead atoms. The Morgan fingerprint density at radius 1 is 1.35 bits per heavy atom. The molecule has 144 valence electrons. The molecule has 3 atom stereocenters. The largest absolute Gasteiger partial charge is 0.465 e. The SMILES string of the molecule is COC(=O)c1ccc(CCCC2=CC[C@@H](OC3CCCCO3)[C@@H]2CO)s1. The average molecular weight is 381 g/mol. The molecule has 0 aromatic carbocycles. The third kappa shape index (κ3) is 4.94. The Balaban J connectivity index is 1.45. The fraction of sp³-hybridized carbons (Fsp3) is 0.650. The van der Waals surface area contributed by atoms with Crippen LogP contribution in [0.5, 0.6) is 0 Å². The molecule has 1 fully saturated rings. The van der Waals surface area contributed by atoms with Gasteiger partial charge < -0.3 is 19.3 Å². The van der Waals surface area contributed by atoms with Crippen LogP contribution in [0.15, 0.2) is 23.8 Å². The van der Waals surface area contributed by atoms with Crippen LogP contribution >= 0.6 is 11.3 Å². The second-order valence-corrected chi connectivity index (χ2v) is 8.05. The van der Waals surface area contributed by atoms with E-state index in [-0.39, 0.29) is 30.9 Å². The van der Waals surface area contributed by atoms with E-state index < -0.39 is 0 Å². The lowest BCUT2D eigenvalue weighted by atomic mass is 9.95. The van der Waals surface area contributed by atoms with Crippen molar-refractivity contribution in [3.8, 4) is 0 Å². The zero-order chi connectivity index (χ0) is 18.4. The first-order valence-corrected chi connectivity index (χ1v) is 10.3. The predicted octanol–water partition coefficient (Wildman–Crippen LogP) is 3.71. The van der Waals surface area contributed by atoms with Crippen LogP contribution in [0.1, 0.15) is 53.1 Å². The number of rotatable bonds is 8. The van der Waals surface area contributed by atoms with Gasteiger partial charge in [-0.1, -0.05) is 11.6 Å². The van der Waals surface area contributed by atoms with Crippen molar-refractivity contribution < 1.29 is 24.1 Å². The van der Waals surface area contributed by atoms with E-state index in [2.05, 4.69) is 6.08 Å². The zero-order valence-electron chi connectivity index (χ0n) is 15.3. The lowest BCUT2D eigenvalue weighted by Crippen LogP contribution is -2.32. The average Bonchev–Trinajstić information content (AvgIpc) is 3.29. The topological polar surface area (TPSA) is 65.0 Å². The first-order chi connectivity index (χ1) is 12.7. The summed E-state index contributed by atoms with van der Waals surface area (Å²) in [7, 11) is 1.40. The third-order valence-corrected chi connectivity index (χ3v) is 6.26. The summed E-state index contributed by atoms with van der Waals surface area (Å²) in [5.41, 5.74) is 1.29. The number of methoxy groups -OCH3 is 1. The van der Waals surface area contributed by atoms with E-state index in [0.29, 0.717) is 4.88 Å². The van der Waals surface area contributed by atoms with Gasteiger partial charge in [0.15, 0.2) is 6.29 Å². The molecule has 1 aromatic rings. The normalized spacial score (nSPS) is 25.9. The number of carbonyl (C=O) groups is 1.